The van der Waals surface area contributed by atoms with Crippen LogP contribution in [-0.2, 0) is 18.0 Å². The van der Waals surface area contributed by atoms with Crippen molar-refractivity contribution in [3.8, 4) is 11.5 Å². The van der Waals surface area contributed by atoms with Crippen LogP contribution in [0.4, 0.5) is 30.6 Å². The molecule has 0 spiro atoms. The molecule has 0 saturated carbocycles. The van der Waals surface area contributed by atoms with Gasteiger partial charge in [0.05, 0.1) is 23.1 Å². The lowest BCUT2D eigenvalue weighted by atomic mass is 10.2. The Balaban J connectivity index is 1.24. The first kappa shape index (κ1) is 27.4. The smallest absolute Gasteiger partial charge is 0.416 e. The number of rotatable bonds is 8. The highest BCUT2D eigenvalue weighted by atomic mass is 19.4. The van der Waals surface area contributed by atoms with Crippen LogP contribution in [0.15, 0.2) is 60.8 Å². The first-order chi connectivity index (χ1) is 19.2. The molecule has 1 fully saturated rings. The summed E-state index contributed by atoms with van der Waals surface area (Å²) in [5, 5.41) is 5.80. The minimum absolute atomic E-state index is 0.134. The molecule has 1 aliphatic heterocycles. The van der Waals surface area contributed by atoms with Crippen molar-refractivity contribution in [3.63, 3.8) is 0 Å². The number of nitrogens with zero attached hydrogens (tertiary/aromatic N) is 5. The van der Waals surface area contributed by atoms with E-state index in [4.69, 9.17) is 4.74 Å². The molecule has 3 heterocycles. The van der Waals surface area contributed by atoms with E-state index in [0.29, 0.717) is 35.3 Å². The Kier molecular flexibility index (Phi) is 7.90. The predicted octanol–water partition coefficient (Wildman–Crippen LogP) is 5.10. The van der Waals surface area contributed by atoms with E-state index < -0.39 is 11.7 Å². The molecule has 1 amide bonds. The zero-order valence-electron chi connectivity index (χ0n) is 22.2. The lowest BCUT2D eigenvalue weighted by Crippen LogP contribution is -2.48. The molecule has 12 heteroatoms. The molecular formula is C28H30F3N7O2. The van der Waals surface area contributed by atoms with Gasteiger partial charge in [0.25, 0.3) is 0 Å². The number of aromatic nitrogens is 3. The number of ether oxygens (including phenoxy) is 1. The van der Waals surface area contributed by atoms with Gasteiger partial charge in [0, 0.05) is 57.2 Å². The fourth-order valence-electron chi connectivity index (χ4n) is 4.59. The molecule has 0 bridgehead atoms. The number of halogens is 3. The van der Waals surface area contributed by atoms with Crippen molar-refractivity contribution in [3.05, 3.63) is 66.4 Å². The SMILES string of the molecule is CCN1CCN(CC(=O)Nc2cc(Oc3ccc4c(c3)nc(Nc3cccc(C(F)(F)F)c3)n4C)ccn2)CC1. The van der Waals surface area contributed by atoms with Crippen LogP contribution in [0.2, 0.25) is 0 Å². The summed E-state index contributed by atoms with van der Waals surface area (Å²) in [4.78, 5) is 25.8. The monoisotopic (exact) mass is 553 g/mol. The van der Waals surface area contributed by atoms with Gasteiger partial charge in [-0.3, -0.25) is 9.69 Å². The average molecular weight is 554 g/mol. The largest absolute Gasteiger partial charge is 0.457 e. The van der Waals surface area contributed by atoms with E-state index in [1.807, 2.05) is 6.07 Å². The van der Waals surface area contributed by atoms with Gasteiger partial charge in [-0.05, 0) is 42.9 Å². The van der Waals surface area contributed by atoms with Crippen LogP contribution < -0.4 is 15.4 Å². The fraction of sp³-hybridized carbons (Fsp3) is 0.321. The van der Waals surface area contributed by atoms with Crippen LogP contribution in [0.5, 0.6) is 11.5 Å². The van der Waals surface area contributed by atoms with E-state index in [1.54, 1.807) is 48.1 Å². The van der Waals surface area contributed by atoms with Gasteiger partial charge in [-0.25, -0.2) is 9.97 Å². The summed E-state index contributed by atoms with van der Waals surface area (Å²) in [6.45, 7) is 7.07. The number of likely N-dealkylation sites (N-methyl/N-ethyl adjacent to an activating group) is 1. The van der Waals surface area contributed by atoms with Gasteiger partial charge in [0.15, 0.2) is 0 Å². The topological polar surface area (TPSA) is 87.5 Å². The summed E-state index contributed by atoms with van der Waals surface area (Å²) in [5.74, 6) is 1.64. The van der Waals surface area contributed by atoms with E-state index in [2.05, 4.69) is 37.3 Å². The van der Waals surface area contributed by atoms with Gasteiger partial charge < -0.3 is 24.8 Å². The molecule has 1 saturated heterocycles. The number of piperazine rings is 1. The highest BCUT2D eigenvalue weighted by Gasteiger charge is 2.30. The Morgan fingerprint density at radius 1 is 1.00 bits per heavy atom. The fourth-order valence-corrected chi connectivity index (χ4v) is 4.59. The van der Waals surface area contributed by atoms with E-state index in [9.17, 15) is 18.0 Å². The number of hydrogen-bond donors (Lipinski definition) is 2. The van der Waals surface area contributed by atoms with Crippen molar-refractivity contribution in [2.24, 2.45) is 7.05 Å². The van der Waals surface area contributed by atoms with Crippen LogP contribution >= 0.6 is 0 Å². The number of imidazole rings is 1. The normalized spacial score (nSPS) is 14.8. The molecule has 210 valence electrons. The summed E-state index contributed by atoms with van der Waals surface area (Å²) in [5.41, 5.74) is 0.901. The molecule has 5 rings (SSSR count). The van der Waals surface area contributed by atoms with E-state index in [-0.39, 0.29) is 11.6 Å². The Hall–Kier alpha value is -4.16. The number of anilines is 3. The van der Waals surface area contributed by atoms with Crippen molar-refractivity contribution in [2.75, 3.05) is 49.9 Å². The first-order valence-electron chi connectivity index (χ1n) is 13.0. The third-order valence-electron chi connectivity index (χ3n) is 6.81. The maximum atomic E-state index is 13.1. The van der Waals surface area contributed by atoms with Crippen LogP contribution in [0, 0.1) is 0 Å². The van der Waals surface area contributed by atoms with Crippen LogP contribution in [0.1, 0.15) is 12.5 Å². The van der Waals surface area contributed by atoms with Crippen LogP contribution in [0.25, 0.3) is 11.0 Å². The molecular weight excluding hydrogens is 523 g/mol. The summed E-state index contributed by atoms with van der Waals surface area (Å²) in [6, 6.07) is 13.6. The zero-order valence-corrected chi connectivity index (χ0v) is 22.2. The second kappa shape index (κ2) is 11.5. The van der Waals surface area contributed by atoms with Crippen molar-refractivity contribution < 1.29 is 22.7 Å². The third-order valence-corrected chi connectivity index (χ3v) is 6.81. The van der Waals surface area contributed by atoms with Crippen molar-refractivity contribution >= 4 is 34.4 Å². The van der Waals surface area contributed by atoms with Crippen molar-refractivity contribution in [1.29, 1.82) is 0 Å². The molecule has 2 aromatic heterocycles. The predicted molar refractivity (Wildman–Crippen MR) is 147 cm³/mol. The quantitative estimate of drug-likeness (QED) is 0.314. The molecule has 0 unspecified atom stereocenters. The number of pyridine rings is 1. The van der Waals surface area contributed by atoms with E-state index in [1.165, 1.54) is 6.07 Å². The number of carbonyl (C=O) groups excluding carboxylic acids is 1. The van der Waals surface area contributed by atoms with E-state index >= 15 is 0 Å². The second-order valence-corrected chi connectivity index (χ2v) is 9.59. The molecule has 2 aromatic carbocycles. The standard InChI is InChI=1S/C28H30F3N7O2/c1-3-37-11-13-38(14-12-37)18-26(39)35-25-17-22(9-10-32-25)40-21-7-8-24-23(16-21)34-27(36(24)2)33-20-6-4-5-19(15-20)28(29,30)31/h4-10,15-17H,3,11-14,18H2,1-2H3,(H,33,34)(H,32,35,39). The molecule has 1 aliphatic rings. The molecule has 0 radical (unpaired) electrons. The van der Waals surface area contributed by atoms with Gasteiger partial charge in [-0.15, -0.1) is 0 Å². The summed E-state index contributed by atoms with van der Waals surface area (Å²) in [6.07, 6.45) is -2.88. The minimum Gasteiger partial charge on any atom is -0.457 e. The highest BCUT2D eigenvalue weighted by molar-refractivity contribution is 5.91. The number of carbonyl (C=O) groups is 1. The maximum absolute atomic E-state index is 13.1. The van der Waals surface area contributed by atoms with Gasteiger partial charge in [-0.2, -0.15) is 13.2 Å². The molecule has 4 aromatic rings. The number of fused-ring (bicyclic) bond motifs is 1. The number of aryl methyl sites for hydroxylation is 1. The number of benzene rings is 2. The maximum Gasteiger partial charge on any atom is 0.416 e. The minimum atomic E-state index is -4.43. The molecule has 9 nitrogen and oxygen atoms in total. The van der Waals surface area contributed by atoms with Crippen molar-refractivity contribution in [2.45, 2.75) is 13.1 Å². The highest BCUT2D eigenvalue weighted by Crippen LogP contribution is 2.32. The Labute approximate surface area is 229 Å². The molecule has 2 N–H and O–H groups in total. The number of hydrogen-bond acceptors (Lipinski definition) is 7. The Bertz CT molecular complexity index is 1500. The number of alkyl halides is 3. The third kappa shape index (κ3) is 6.52. The average Bonchev–Trinajstić information content (AvgIpc) is 3.23. The van der Waals surface area contributed by atoms with Gasteiger partial charge in [0.2, 0.25) is 11.9 Å². The van der Waals surface area contributed by atoms with Crippen LogP contribution in [-0.4, -0.2) is 69.5 Å². The zero-order chi connectivity index (χ0) is 28.3. The first-order valence-corrected chi connectivity index (χ1v) is 13.0. The Morgan fingerprint density at radius 2 is 1.75 bits per heavy atom. The molecule has 0 atom stereocenters. The van der Waals surface area contributed by atoms with Crippen LogP contribution in [0.3, 0.4) is 0 Å². The van der Waals surface area contributed by atoms with Crippen molar-refractivity contribution in [1.82, 2.24) is 24.3 Å². The molecule has 0 aliphatic carbocycles. The number of amides is 1. The van der Waals surface area contributed by atoms with Gasteiger partial charge in [-0.1, -0.05) is 13.0 Å². The van der Waals surface area contributed by atoms with Gasteiger partial charge in [0.1, 0.15) is 17.3 Å². The lowest BCUT2D eigenvalue weighted by molar-refractivity contribution is -0.137. The number of nitrogens with one attached hydrogen (secondary N) is 2. The summed E-state index contributed by atoms with van der Waals surface area (Å²) < 4.78 is 47.0. The van der Waals surface area contributed by atoms with Gasteiger partial charge >= 0.3 is 6.18 Å². The molecule has 40 heavy (non-hydrogen) atoms. The summed E-state index contributed by atoms with van der Waals surface area (Å²) in [7, 11) is 1.77. The lowest BCUT2D eigenvalue weighted by Gasteiger charge is -2.33. The second-order valence-electron chi connectivity index (χ2n) is 9.59. The van der Waals surface area contributed by atoms with E-state index in [0.717, 1.165) is 50.4 Å². The summed E-state index contributed by atoms with van der Waals surface area (Å²) >= 11 is 0. The Morgan fingerprint density at radius 3 is 2.50 bits per heavy atom.